The molecule has 3 heterocycles. The molecule has 0 spiro atoms. The fourth-order valence-electron chi connectivity index (χ4n) is 3.42. The van der Waals surface area contributed by atoms with Gasteiger partial charge in [0.2, 0.25) is 5.91 Å². The highest BCUT2D eigenvalue weighted by Gasteiger charge is 2.32. The van der Waals surface area contributed by atoms with Crippen molar-refractivity contribution in [2.75, 3.05) is 37.7 Å². The van der Waals surface area contributed by atoms with Crippen LogP contribution in [-0.2, 0) is 4.79 Å². The van der Waals surface area contributed by atoms with Crippen LogP contribution in [-0.4, -0.2) is 48.6 Å². The van der Waals surface area contributed by atoms with Crippen molar-refractivity contribution >= 4 is 22.4 Å². The highest BCUT2D eigenvalue weighted by Crippen LogP contribution is 2.35. The van der Waals surface area contributed by atoms with Crippen LogP contribution in [0.3, 0.4) is 0 Å². The second kappa shape index (κ2) is 6.43. The van der Waals surface area contributed by atoms with Gasteiger partial charge in [-0.3, -0.25) is 4.79 Å². The van der Waals surface area contributed by atoms with E-state index in [9.17, 15) is 4.79 Å². The smallest absolute Gasteiger partial charge is 0.230 e. The van der Waals surface area contributed by atoms with Crippen molar-refractivity contribution in [1.82, 2.24) is 9.88 Å². The molecule has 126 valence electrons. The van der Waals surface area contributed by atoms with Gasteiger partial charge in [0, 0.05) is 37.1 Å². The Balaban J connectivity index is 1.44. The Morgan fingerprint density at radius 2 is 2.04 bits per heavy atom. The monoisotopic (exact) mass is 343 g/mol. The number of nitrogens with zero attached hydrogens (tertiary/aromatic N) is 3. The molecule has 1 aromatic heterocycles. The maximum absolute atomic E-state index is 13.0. The van der Waals surface area contributed by atoms with Gasteiger partial charge in [0.15, 0.2) is 5.13 Å². The summed E-state index contributed by atoms with van der Waals surface area (Å²) in [4.78, 5) is 21.8. The number of ether oxygens (including phenoxy) is 1. The Bertz CT molecular complexity index is 737. The first-order chi connectivity index (χ1) is 11.7. The van der Waals surface area contributed by atoms with E-state index in [0.717, 1.165) is 54.7 Å². The zero-order valence-electron chi connectivity index (χ0n) is 13.8. The maximum atomic E-state index is 13.0. The number of fused-ring (bicyclic) bond motifs is 1. The van der Waals surface area contributed by atoms with Crippen LogP contribution in [0.1, 0.15) is 23.6 Å². The van der Waals surface area contributed by atoms with Gasteiger partial charge in [0.05, 0.1) is 18.2 Å². The average Bonchev–Trinajstić information content (AvgIpc) is 3.07. The highest BCUT2D eigenvalue weighted by molar-refractivity contribution is 7.13. The van der Waals surface area contributed by atoms with Crippen molar-refractivity contribution in [3.8, 4) is 5.75 Å². The molecule has 2 aliphatic rings. The van der Waals surface area contributed by atoms with Crippen molar-refractivity contribution < 1.29 is 9.53 Å². The topological polar surface area (TPSA) is 45.7 Å². The molecule has 1 saturated heterocycles. The second-order valence-corrected chi connectivity index (χ2v) is 7.15. The second-order valence-electron chi connectivity index (χ2n) is 6.31. The number of para-hydroxylation sites is 1. The molecule has 1 amide bonds. The molecule has 1 unspecified atom stereocenters. The van der Waals surface area contributed by atoms with E-state index in [1.54, 1.807) is 11.3 Å². The summed E-state index contributed by atoms with van der Waals surface area (Å²) >= 11 is 1.68. The molecule has 0 radical (unpaired) electrons. The molecule has 2 aromatic rings. The third kappa shape index (κ3) is 2.86. The van der Waals surface area contributed by atoms with Gasteiger partial charge in [-0.05, 0) is 19.4 Å². The van der Waals surface area contributed by atoms with Crippen LogP contribution in [0.4, 0.5) is 5.13 Å². The molecule has 4 rings (SSSR count). The van der Waals surface area contributed by atoms with Crippen LogP contribution in [0.5, 0.6) is 5.75 Å². The first-order valence-corrected chi connectivity index (χ1v) is 9.28. The summed E-state index contributed by atoms with van der Waals surface area (Å²) in [6.45, 7) is 5.86. The number of hydrogen-bond donors (Lipinski definition) is 0. The van der Waals surface area contributed by atoms with E-state index < -0.39 is 0 Å². The van der Waals surface area contributed by atoms with Gasteiger partial charge in [-0.25, -0.2) is 4.98 Å². The van der Waals surface area contributed by atoms with Crippen LogP contribution < -0.4 is 9.64 Å². The summed E-state index contributed by atoms with van der Waals surface area (Å²) in [6.07, 6.45) is 0.766. The van der Waals surface area contributed by atoms with Crippen LogP contribution in [0.15, 0.2) is 29.6 Å². The number of aromatic nitrogens is 1. The summed E-state index contributed by atoms with van der Waals surface area (Å²) in [5.74, 6) is 1.03. The number of rotatable bonds is 2. The zero-order chi connectivity index (χ0) is 16.5. The first kappa shape index (κ1) is 15.4. The summed E-state index contributed by atoms with van der Waals surface area (Å²) in [6, 6.07) is 7.92. The van der Waals surface area contributed by atoms with Gasteiger partial charge in [-0.2, -0.15) is 0 Å². The van der Waals surface area contributed by atoms with E-state index in [-0.39, 0.29) is 11.8 Å². The number of anilines is 1. The molecule has 1 atom stereocenters. The fourth-order valence-corrected chi connectivity index (χ4v) is 4.28. The van der Waals surface area contributed by atoms with E-state index in [1.165, 1.54) is 0 Å². The van der Waals surface area contributed by atoms with Crippen LogP contribution >= 0.6 is 11.3 Å². The molecular formula is C18H21N3O2S. The SMILES string of the molecule is Cc1csc(N2CCN(C(=O)C3CCOc4ccccc43)CC2)n1. The van der Waals surface area contributed by atoms with Crippen molar-refractivity contribution in [3.05, 3.63) is 40.9 Å². The number of amides is 1. The molecule has 6 heteroatoms. The minimum atomic E-state index is -0.0661. The summed E-state index contributed by atoms with van der Waals surface area (Å²) in [7, 11) is 0. The largest absolute Gasteiger partial charge is 0.493 e. The molecule has 0 bridgehead atoms. The van der Waals surface area contributed by atoms with Gasteiger partial charge < -0.3 is 14.5 Å². The lowest BCUT2D eigenvalue weighted by atomic mass is 9.91. The Labute approximate surface area is 145 Å². The average molecular weight is 343 g/mol. The fraction of sp³-hybridized carbons (Fsp3) is 0.444. The van der Waals surface area contributed by atoms with Crippen molar-refractivity contribution in [2.24, 2.45) is 0 Å². The van der Waals surface area contributed by atoms with E-state index >= 15 is 0 Å². The number of piperazine rings is 1. The lowest BCUT2D eigenvalue weighted by molar-refractivity contribution is -0.133. The summed E-state index contributed by atoms with van der Waals surface area (Å²) < 4.78 is 5.68. The Morgan fingerprint density at radius 1 is 1.25 bits per heavy atom. The molecule has 0 aliphatic carbocycles. The van der Waals surface area contributed by atoms with Crippen molar-refractivity contribution in [3.63, 3.8) is 0 Å². The number of benzene rings is 1. The first-order valence-electron chi connectivity index (χ1n) is 8.40. The summed E-state index contributed by atoms with van der Waals surface area (Å²) in [5, 5.41) is 3.14. The van der Waals surface area contributed by atoms with Gasteiger partial charge in [0.25, 0.3) is 0 Å². The van der Waals surface area contributed by atoms with Crippen molar-refractivity contribution in [1.29, 1.82) is 0 Å². The molecule has 2 aliphatic heterocycles. The third-order valence-corrected chi connectivity index (χ3v) is 5.74. The normalized spacial score (nSPS) is 20.5. The van der Waals surface area contributed by atoms with Crippen molar-refractivity contribution in [2.45, 2.75) is 19.3 Å². The van der Waals surface area contributed by atoms with Gasteiger partial charge in [0.1, 0.15) is 5.75 Å². The maximum Gasteiger partial charge on any atom is 0.230 e. The molecule has 24 heavy (non-hydrogen) atoms. The Morgan fingerprint density at radius 3 is 2.79 bits per heavy atom. The minimum Gasteiger partial charge on any atom is -0.493 e. The highest BCUT2D eigenvalue weighted by atomic mass is 32.1. The Kier molecular flexibility index (Phi) is 4.14. The zero-order valence-corrected chi connectivity index (χ0v) is 14.6. The van der Waals surface area contributed by atoms with Crippen LogP contribution in [0.25, 0.3) is 0 Å². The third-order valence-electron chi connectivity index (χ3n) is 4.73. The van der Waals surface area contributed by atoms with Gasteiger partial charge in [-0.15, -0.1) is 11.3 Å². The number of aryl methyl sites for hydroxylation is 1. The van der Waals surface area contributed by atoms with Crippen LogP contribution in [0.2, 0.25) is 0 Å². The number of carbonyl (C=O) groups is 1. The van der Waals surface area contributed by atoms with E-state index in [0.29, 0.717) is 6.61 Å². The lowest BCUT2D eigenvalue weighted by Gasteiger charge is -2.37. The number of carbonyl (C=O) groups excluding carboxylic acids is 1. The number of thiazole rings is 1. The van der Waals surface area contributed by atoms with E-state index in [1.807, 2.05) is 36.1 Å². The Hall–Kier alpha value is -2.08. The number of hydrogen-bond acceptors (Lipinski definition) is 5. The summed E-state index contributed by atoms with van der Waals surface area (Å²) in [5.41, 5.74) is 2.10. The van der Waals surface area contributed by atoms with Crippen LogP contribution in [0, 0.1) is 6.92 Å². The molecule has 0 saturated carbocycles. The van der Waals surface area contributed by atoms with E-state index in [4.69, 9.17) is 4.74 Å². The van der Waals surface area contributed by atoms with Gasteiger partial charge >= 0.3 is 0 Å². The van der Waals surface area contributed by atoms with Gasteiger partial charge in [-0.1, -0.05) is 18.2 Å². The molecule has 0 N–H and O–H groups in total. The lowest BCUT2D eigenvalue weighted by Crippen LogP contribution is -2.50. The predicted molar refractivity (Wildman–Crippen MR) is 94.9 cm³/mol. The quantitative estimate of drug-likeness (QED) is 0.841. The molecule has 5 nitrogen and oxygen atoms in total. The standard InChI is InChI=1S/C18H21N3O2S/c1-13-12-24-18(19-13)21-9-7-20(8-10-21)17(22)15-6-11-23-16-5-3-2-4-14(15)16/h2-5,12,15H,6-11H2,1H3. The molecular weight excluding hydrogens is 322 g/mol. The minimum absolute atomic E-state index is 0.0661. The molecule has 1 fully saturated rings. The van der Waals surface area contributed by atoms with E-state index in [2.05, 4.69) is 15.3 Å². The molecule has 1 aromatic carbocycles. The predicted octanol–water partition coefficient (Wildman–Crippen LogP) is 2.67.